The molecular formula is C18H24N10. The molecule has 10 heteroatoms. The van der Waals surface area contributed by atoms with Crippen LogP contribution in [-0.2, 0) is 12.8 Å². The standard InChI is InChI=1S/C18H24N10/c1-3-13-19-17-23-21-15(27(17)25-13)11-9-7-5-6-8-10-12-16-22-24-18-20-14(4-2)26-28(16)18/h3-4H,1-2,5-12H2,(H,19,23,25)(H,20,24,26). The molecule has 4 aromatic heterocycles. The predicted molar refractivity (Wildman–Crippen MR) is 106 cm³/mol. The molecular weight excluding hydrogens is 356 g/mol. The van der Waals surface area contributed by atoms with Crippen LogP contribution in [0.4, 0.5) is 0 Å². The van der Waals surface area contributed by atoms with Gasteiger partial charge in [0.15, 0.2) is 11.6 Å². The van der Waals surface area contributed by atoms with Crippen molar-refractivity contribution >= 4 is 23.7 Å². The number of aromatic amines is 2. The van der Waals surface area contributed by atoms with Crippen molar-refractivity contribution in [1.29, 1.82) is 0 Å². The van der Waals surface area contributed by atoms with E-state index in [1.165, 1.54) is 25.7 Å². The summed E-state index contributed by atoms with van der Waals surface area (Å²) in [6.07, 6.45) is 12.1. The van der Waals surface area contributed by atoms with Crippen molar-refractivity contribution in [1.82, 2.24) is 49.6 Å². The highest BCUT2D eigenvalue weighted by Crippen LogP contribution is 2.12. The summed E-state index contributed by atoms with van der Waals surface area (Å²) in [5, 5.41) is 22.8. The highest BCUT2D eigenvalue weighted by Gasteiger charge is 2.10. The van der Waals surface area contributed by atoms with E-state index in [1.54, 1.807) is 12.2 Å². The fraction of sp³-hybridized carbons (Fsp3) is 0.444. The highest BCUT2D eigenvalue weighted by atomic mass is 15.4. The van der Waals surface area contributed by atoms with Crippen LogP contribution in [0.5, 0.6) is 0 Å². The molecule has 0 saturated heterocycles. The molecule has 0 radical (unpaired) electrons. The Kier molecular flexibility index (Phi) is 5.27. The molecule has 0 aromatic carbocycles. The summed E-state index contributed by atoms with van der Waals surface area (Å²) in [7, 11) is 0. The zero-order valence-corrected chi connectivity index (χ0v) is 15.8. The summed E-state index contributed by atoms with van der Waals surface area (Å²) in [5.41, 5.74) is 0. The first-order valence-corrected chi connectivity index (χ1v) is 9.63. The lowest BCUT2D eigenvalue weighted by Crippen LogP contribution is -1.97. The molecule has 0 fully saturated rings. The van der Waals surface area contributed by atoms with Crippen LogP contribution in [0, 0.1) is 0 Å². The first-order valence-electron chi connectivity index (χ1n) is 9.63. The number of hydrogen-bond acceptors (Lipinski definition) is 6. The van der Waals surface area contributed by atoms with Crippen LogP contribution in [0.2, 0.25) is 0 Å². The molecule has 0 aliphatic rings. The second kappa shape index (κ2) is 8.15. The minimum absolute atomic E-state index is 0.602. The lowest BCUT2D eigenvalue weighted by molar-refractivity contribution is 0.578. The molecule has 4 rings (SSSR count). The quantitative estimate of drug-likeness (QED) is 0.386. The zero-order valence-electron chi connectivity index (χ0n) is 15.8. The number of nitrogens with one attached hydrogen (secondary N) is 2. The normalized spacial score (nSPS) is 11.6. The first kappa shape index (κ1) is 18.1. The minimum atomic E-state index is 0.602. The van der Waals surface area contributed by atoms with E-state index in [2.05, 4.69) is 53.7 Å². The molecule has 0 amide bonds. The van der Waals surface area contributed by atoms with Crippen molar-refractivity contribution in [3.8, 4) is 0 Å². The van der Waals surface area contributed by atoms with Crippen molar-refractivity contribution in [3.63, 3.8) is 0 Å². The number of hydrogen-bond donors (Lipinski definition) is 2. The Morgan fingerprint density at radius 3 is 1.50 bits per heavy atom. The van der Waals surface area contributed by atoms with Gasteiger partial charge in [-0.15, -0.1) is 20.4 Å². The van der Waals surface area contributed by atoms with E-state index in [0.29, 0.717) is 23.2 Å². The van der Waals surface area contributed by atoms with Gasteiger partial charge in [0.1, 0.15) is 11.6 Å². The van der Waals surface area contributed by atoms with Crippen molar-refractivity contribution in [2.75, 3.05) is 0 Å². The molecule has 146 valence electrons. The van der Waals surface area contributed by atoms with Crippen LogP contribution in [0.1, 0.15) is 61.8 Å². The maximum atomic E-state index is 4.27. The van der Waals surface area contributed by atoms with Gasteiger partial charge < -0.3 is 0 Å². The van der Waals surface area contributed by atoms with E-state index in [9.17, 15) is 0 Å². The van der Waals surface area contributed by atoms with Gasteiger partial charge in [0, 0.05) is 12.8 Å². The average Bonchev–Trinajstić information content (AvgIpc) is 3.45. The second-order valence-corrected chi connectivity index (χ2v) is 6.75. The summed E-state index contributed by atoms with van der Waals surface area (Å²) >= 11 is 0. The lowest BCUT2D eigenvalue weighted by Gasteiger charge is -2.01. The SMILES string of the molecule is C=Cc1nc2nnc(CCCCCCCCc3nnc4nc(C=C)[nH]n34)n2[nH]1. The summed E-state index contributed by atoms with van der Waals surface area (Å²) in [6.45, 7) is 7.42. The molecule has 0 atom stereocenters. The van der Waals surface area contributed by atoms with Gasteiger partial charge in [-0.1, -0.05) is 38.8 Å². The third-order valence-corrected chi connectivity index (χ3v) is 4.76. The van der Waals surface area contributed by atoms with Crippen molar-refractivity contribution in [3.05, 3.63) is 36.5 Å². The van der Waals surface area contributed by atoms with Crippen molar-refractivity contribution in [2.45, 2.75) is 51.4 Å². The molecule has 2 N–H and O–H groups in total. The molecule has 4 aromatic rings. The molecule has 10 nitrogen and oxygen atoms in total. The van der Waals surface area contributed by atoms with Crippen LogP contribution >= 0.6 is 0 Å². The Balaban J connectivity index is 1.14. The van der Waals surface area contributed by atoms with E-state index in [4.69, 9.17) is 0 Å². The highest BCUT2D eigenvalue weighted by molar-refractivity contribution is 5.41. The van der Waals surface area contributed by atoms with Gasteiger partial charge in [0.05, 0.1) is 0 Å². The van der Waals surface area contributed by atoms with Crippen LogP contribution in [-0.4, -0.2) is 49.6 Å². The fourth-order valence-corrected chi connectivity index (χ4v) is 3.26. The van der Waals surface area contributed by atoms with Crippen LogP contribution < -0.4 is 0 Å². The monoisotopic (exact) mass is 380 g/mol. The second-order valence-electron chi connectivity index (χ2n) is 6.75. The Morgan fingerprint density at radius 1 is 0.643 bits per heavy atom. The molecule has 0 bridgehead atoms. The maximum absolute atomic E-state index is 4.27. The van der Waals surface area contributed by atoms with Crippen molar-refractivity contribution in [2.24, 2.45) is 0 Å². The number of H-pyrrole nitrogens is 2. The number of fused-ring (bicyclic) bond motifs is 2. The van der Waals surface area contributed by atoms with Gasteiger partial charge in [-0.2, -0.15) is 9.97 Å². The van der Waals surface area contributed by atoms with Crippen LogP contribution in [0.3, 0.4) is 0 Å². The van der Waals surface area contributed by atoms with Crippen molar-refractivity contribution < 1.29 is 0 Å². The summed E-state index contributed by atoms with van der Waals surface area (Å²) in [5.74, 6) is 4.48. The third-order valence-electron chi connectivity index (χ3n) is 4.76. The van der Waals surface area contributed by atoms with Gasteiger partial charge in [-0.3, -0.25) is 10.2 Å². The zero-order chi connectivity index (χ0) is 19.3. The topological polar surface area (TPSA) is 118 Å². The third kappa shape index (κ3) is 3.71. The molecule has 4 heterocycles. The van der Waals surface area contributed by atoms with E-state index in [0.717, 1.165) is 37.3 Å². The van der Waals surface area contributed by atoms with Gasteiger partial charge >= 0.3 is 0 Å². The minimum Gasteiger partial charge on any atom is -0.273 e. The fourth-order valence-electron chi connectivity index (χ4n) is 3.26. The van der Waals surface area contributed by atoms with E-state index >= 15 is 0 Å². The predicted octanol–water partition coefficient (Wildman–Crippen LogP) is 2.63. The Bertz CT molecular complexity index is 992. The molecule has 0 aliphatic carbocycles. The smallest absolute Gasteiger partial charge is 0.272 e. The maximum Gasteiger partial charge on any atom is 0.272 e. The van der Waals surface area contributed by atoms with Gasteiger partial charge in [-0.05, 0) is 25.0 Å². The summed E-state index contributed by atoms with van der Waals surface area (Å²) < 4.78 is 3.67. The van der Waals surface area contributed by atoms with Crippen LogP contribution in [0.15, 0.2) is 13.2 Å². The summed E-state index contributed by atoms with van der Waals surface area (Å²) in [6, 6.07) is 0. The number of aryl methyl sites for hydroxylation is 2. The van der Waals surface area contributed by atoms with Crippen LogP contribution in [0.25, 0.3) is 23.7 Å². The summed E-state index contributed by atoms with van der Waals surface area (Å²) in [4.78, 5) is 8.54. The molecule has 28 heavy (non-hydrogen) atoms. The van der Waals surface area contributed by atoms with Gasteiger partial charge in [-0.25, -0.2) is 9.03 Å². The number of aromatic nitrogens is 10. The number of nitrogens with zero attached hydrogens (tertiary/aromatic N) is 8. The molecule has 0 spiro atoms. The van der Waals surface area contributed by atoms with E-state index in [-0.39, 0.29) is 0 Å². The van der Waals surface area contributed by atoms with E-state index in [1.807, 2.05) is 9.03 Å². The molecule has 0 saturated carbocycles. The molecule has 0 aliphatic heterocycles. The Hall–Kier alpha value is -3.30. The Labute approximate surface area is 161 Å². The van der Waals surface area contributed by atoms with Gasteiger partial charge in [0.25, 0.3) is 11.6 Å². The first-order chi connectivity index (χ1) is 13.8. The Morgan fingerprint density at radius 2 is 1.07 bits per heavy atom. The average molecular weight is 380 g/mol. The largest absolute Gasteiger partial charge is 0.273 e. The van der Waals surface area contributed by atoms with Gasteiger partial charge in [0.2, 0.25) is 0 Å². The number of unbranched alkanes of at least 4 members (excludes halogenated alkanes) is 5. The molecule has 0 unspecified atom stereocenters. The number of rotatable bonds is 11. The van der Waals surface area contributed by atoms with E-state index < -0.39 is 0 Å². The lowest BCUT2D eigenvalue weighted by atomic mass is 10.1.